The molecule has 2 bridgehead atoms. The molecule has 0 saturated heterocycles. The molecule has 1 aromatic heterocycles. The molecule has 4 aliphatic carbocycles. The van der Waals surface area contributed by atoms with Crippen LogP contribution in [0.3, 0.4) is 0 Å². The largest absolute Gasteiger partial charge is 0.386 e. The fourth-order valence-corrected chi connectivity index (χ4v) is 7.16. The van der Waals surface area contributed by atoms with Crippen molar-refractivity contribution in [3.8, 4) is 11.1 Å². The Labute approximate surface area is 251 Å². The summed E-state index contributed by atoms with van der Waals surface area (Å²) < 4.78 is 33.8. The van der Waals surface area contributed by atoms with E-state index in [1.165, 1.54) is 13.8 Å². The van der Waals surface area contributed by atoms with Crippen LogP contribution in [0.4, 0.5) is 14.5 Å². The molecule has 9 heteroatoms. The number of hydrogen-bond donors (Lipinski definition) is 2. The van der Waals surface area contributed by atoms with Crippen LogP contribution in [0.15, 0.2) is 53.1 Å². The zero-order valence-corrected chi connectivity index (χ0v) is 25.4. The van der Waals surface area contributed by atoms with Crippen LogP contribution >= 0.6 is 0 Å². The number of benzene rings is 2. The second-order valence-electron chi connectivity index (χ2n) is 14.3. The standard InChI is InChI=1S/C34H41F2N3O4/c1-30(2,35)29-37-28(38-43-29)33-15-12-32(13-16-33,14-17-33)21-39(27(40)24-19-34(36,42)20-24)26-7-5-6-23(18-26)22-8-10-25(11-9-22)31(3,4)41/h5-11,18,24,41-42H,12-17,19-21H2,1-4H3/t24-,32?,33?,34+. The number of fused-ring (bicyclic) bond motifs is 3. The van der Waals surface area contributed by atoms with Crippen LogP contribution in [-0.4, -0.2) is 38.7 Å². The van der Waals surface area contributed by atoms with Crippen LogP contribution in [0.5, 0.6) is 0 Å². The van der Waals surface area contributed by atoms with Crippen LogP contribution < -0.4 is 4.90 Å². The zero-order chi connectivity index (χ0) is 30.8. The lowest BCUT2D eigenvalue weighted by Crippen LogP contribution is -2.54. The van der Waals surface area contributed by atoms with Gasteiger partial charge in [0, 0.05) is 36.4 Å². The summed E-state index contributed by atoms with van der Waals surface area (Å²) in [4.78, 5) is 20.2. The molecule has 3 aromatic rings. The van der Waals surface area contributed by atoms with Gasteiger partial charge < -0.3 is 19.6 Å². The lowest BCUT2D eigenvalue weighted by Gasteiger charge is -2.54. The summed E-state index contributed by atoms with van der Waals surface area (Å²) in [6.45, 7) is 6.81. The average Bonchev–Trinajstić information content (AvgIpc) is 3.47. The van der Waals surface area contributed by atoms with Crippen molar-refractivity contribution in [3.05, 3.63) is 65.8 Å². The summed E-state index contributed by atoms with van der Waals surface area (Å²) in [6, 6.07) is 15.5. The summed E-state index contributed by atoms with van der Waals surface area (Å²) in [7, 11) is 0. The fraction of sp³-hybridized carbons (Fsp3) is 0.559. The van der Waals surface area contributed by atoms with Crippen molar-refractivity contribution in [1.82, 2.24) is 10.1 Å². The maximum Gasteiger partial charge on any atom is 0.263 e. The topological polar surface area (TPSA) is 99.7 Å². The van der Waals surface area contributed by atoms with Crippen LogP contribution in [0.2, 0.25) is 0 Å². The molecular formula is C34H41F2N3O4. The maximum atomic E-state index is 14.4. The van der Waals surface area contributed by atoms with Crippen molar-refractivity contribution < 1.29 is 28.3 Å². The molecular weight excluding hydrogens is 552 g/mol. The van der Waals surface area contributed by atoms with Crippen LogP contribution in [0.25, 0.3) is 11.1 Å². The smallest absolute Gasteiger partial charge is 0.263 e. The van der Waals surface area contributed by atoms with Gasteiger partial charge in [0.15, 0.2) is 11.5 Å². The molecule has 0 atom stereocenters. The van der Waals surface area contributed by atoms with E-state index in [-0.39, 0.29) is 35.5 Å². The lowest BCUT2D eigenvalue weighted by atomic mass is 9.53. The van der Waals surface area contributed by atoms with Crippen LogP contribution in [0, 0.1) is 11.3 Å². The lowest BCUT2D eigenvalue weighted by molar-refractivity contribution is -0.183. The fourth-order valence-electron chi connectivity index (χ4n) is 7.16. The highest BCUT2D eigenvalue weighted by Gasteiger charge is 2.54. The number of aliphatic hydroxyl groups is 2. The molecule has 0 radical (unpaired) electrons. The van der Waals surface area contributed by atoms with Crippen molar-refractivity contribution in [3.63, 3.8) is 0 Å². The number of carbonyl (C=O) groups excluding carboxylic acids is 1. The SMILES string of the molecule is CC(C)(O)c1ccc(-c2cccc(N(CC34CCC(c5noc(C(C)(C)F)n5)(CC3)CC4)C(=O)[C@H]3C[C@](O)(F)C3)c2)cc1. The third-order valence-electron chi connectivity index (χ3n) is 10.1. The second-order valence-corrected chi connectivity index (χ2v) is 14.3. The molecule has 0 spiro atoms. The first-order chi connectivity index (χ1) is 20.1. The number of aromatic nitrogens is 2. The third-order valence-corrected chi connectivity index (χ3v) is 10.1. The molecule has 2 aromatic carbocycles. The minimum absolute atomic E-state index is 0.000952. The van der Waals surface area contributed by atoms with Crippen LogP contribution in [-0.2, 0) is 21.5 Å². The molecule has 7 rings (SSSR count). The summed E-state index contributed by atoms with van der Waals surface area (Å²) in [5, 5.41) is 24.3. The van der Waals surface area contributed by atoms with Crippen molar-refractivity contribution in [2.24, 2.45) is 11.3 Å². The highest BCUT2D eigenvalue weighted by atomic mass is 19.2. The van der Waals surface area contributed by atoms with Crippen molar-refractivity contribution in [1.29, 1.82) is 0 Å². The van der Waals surface area contributed by atoms with Gasteiger partial charge in [-0.2, -0.15) is 4.98 Å². The average molecular weight is 594 g/mol. The van der Waals surface area contributed by atoms with Crippen molar-refractivity contribution >= 4 is 11.6 Å². The van der Waals surface area contributed by atoms with Crippen LogP contribution in [0.1, 0.15) is 96.3 Å². The molecule has 4 fully saturated rings. The Bertz CT molecular complexity index is 1470. The molecule has 230 valence electrons. The molecule has 4 aliphatic rings. The quantitative estimate of drug-likeness (QED) is 0.296. The summed E-state index contributed by atoms with van der Waals surface area (Å²) in [5.41, 5.74) is 0.420. The summed E-state index contributed by atoms with van der Waals surface area (Å²) >= 11 is 0. The first-order valence-electron chi connectivity index (χ1n) is 15.3. The Hall–Kier alpha value is -3.17. The number of halogens is 2. The highest BCUT2D eigenvalue weighted by molar-refractivity contribution is 5.96. The number of nitrogens with zero attached hydrogens (tertiary/aromatic N) is 3. The number of anilines is 1. The van der Waals surface area contributed by atoms with Crippen molar-refractivity contribution in [2.75, 3.05) is 11.4 Å². The first-order valence-corrected chi connectivity index (χ1v) is 15.3. The van der Waals surface area contributed by atoms with Gasteiger partial charge in [-0.3, -0.25) is 4.79 Å². The second kappa shape index (κ2) is 10.2. The highest BCUT2D eigenvalue weighted by Crippen LogP contribution is 2.58. The predicted octanol–water partition coefficient (Wildman–Crippen LogP) is 6.86. The Kier molecular flexibility index (Phi) is 7.08. The van der Waals surface area contributed by atoms with E-state index in [2.05, 4.69) is 10.1 Å². The monoisotopic (exact) mass is 593 g/mol. The van der Waals surface area contributed by atoms with E-state index in [0.29, 0.717) is 12.4 Å². The van der Waals surface area contributed by atoms with Gasteiger partial charge in [0.25, 0.3) is 5.89 Å². The molecule has 7 nitrogen and oxygen atoms in total. The Balaban J connectivity index is 1.26. The molecule has 43 heavy (non-hydrogen) atoms. The number of rotatable bonds is 8. The Morgan fingerprint density at radius 1 is 1.00 bits per heavy atom. The first kappa shape index (κ1) is 29.9. The molecule has 1 amide bonds. The van der Waals surface area contributed by atoms with Gasteiger partial charge >= 0.3 is 0 Å². The minimum atomic E-state index is -2.29. The molecule has 0 unspecified atom stereocenters. The molecule has 2 N–H and O–H groups in total. The van der Waals surface area contributed by atoms with Gasteiger partial charge in [0.1, 0.15) is 0 Å². The maximum absolute atomic E-state index is 14.4. The van der Waals surface area contributed by atoms with Gasteiger partial charge in [0.05, 0.1) is 5.60 Å². The third kappa shape index (κ3) is 5.74. The van der Waals surface area contributed by atoms with E-state index in [4.69, 9.17) is 4.52 Å². The van der Waals surface area contributed by atoms with E-state index in [0.717, 1.165) is 60.9 Å². The Morgan fingerprint density at radius 3 is 2.16 bits per heavy atom. The van der Waals surface area contributed by atoms with Gasteiger partial charge in [-0.25, -0.2) is 8.78 Å². The van der Waals surface area contributed by atoms with Gasteiger partial charge in [-0.1, -0.05) is 41.6 Å². The predicted molar refractivity (Wildman–Crippen MR) is 159 cm³/mol. The zero-order valence-electron chi connectivity index (χ0n) is 25.4. The number of carbonyl (C=O) groups is 1. The summed E-state index contributed by atoms with van der Waals surface area (Å²) in [6.07, 6.45) is 4.65. The van der Waals surface area contributed by atoms with E-state index in [1.54, 1.807) is 13.8 Å². The normalized spacial score (nSPS) is 28.9. The van der Waals surface area contributed by atoms with Gasteiger partial charge in [-0.05, 0) is 100 Å². The number of alkyl halides is 2. The van der Waals surface area contributed by atoms with Crippen molar-refractivity contribution in [2.45, 2.75) is 102 Å². The van der Waals surface area contributed by atoms with E-state index in [9.17, 15) is 23.8 Å². The molecule has 1 heterocycles. The van der Waals surface area contributed by atoms with E-state index < -0.39 is 23.0 Å². The number of amides is 1. The van der Waals surface area contributed by atoms with Gasteiger partial charge in [0.2, 0.25) is 11.8 Å². The molecule has 4 saturated carbocycles. The molecule has 0 aliphatic heterocycles. The Morgan fingerprint density at radius 2 is 1.63 bits per heavy atom. The van der Waals surface area contributed by atoms with E-state index in [1.807, 2.05) is 53.4 Å². The van der Waals surface area contributed by atoms with Gasteiger partial charge in [-0.15, -0.1) is 0 Å². The summed E-state index contributed by atoms with van der Waals surface area (Å²) in [5.74, 6) is -2.45. The van der Waals surface area contributed by atoms with E-state index >= 15 is 0 Å². The minimum Gasteiger partial charge on any atom is -0.386 e. The number of hydrogen-bond acceptors (Lipinski definition) is 6.